The average Bonchev–Trinajstić information content (AvgIpc) is 2.68. The molecular formula is C21H26N2O3. The number of benzene rings is 2. The van der Waals surface area contributed by atoms with Gasteiger partial charge >= 0.3 is 6.09 Å². The third kappa shape index (κ3) is 4.69. The number of likely N-dealkylation sites (tertiary alicyclic amines) is 1. The second kappa shape index (κ2) is 8.61. The number of amides is 1. The summed E-state index contributed by atoms with van der Waals surface area (Å²) in [5.41, 5.74) is 8.78. The van der Waals surface area contributed by atoms with Gasteiger partial charge in [0, 0.05) is 13.1 Å². The maximum Gasteiger partial charge on any atom is 0.410 e. The number of rotatable bonds is 5. The van der Waals surface area contributed by atoms with Gasteiger partial charge in [-0.2, -0.15) is 0 Å². The molecule has 2 N–H and O–H groups in total. The molecule has 0 saturated carbocycles. The van der Waals surface area contributed by atoms with Crippen molar-refractivity contribution in [2.24, 2.45) is 5.92 Å². The van der Waals surface area contributed by atoms with E-state index in [1.807, 2.05) is 55.5 Å². The SMILES string of the molecule is Cc1cccc(OCC2CCN(C(=O)OCc3ccccc3)CC2)c1N. The molecule has 1 heterocycles. The average molecular weight is 354 g/mol. The fraction of sp³-hybridized carbons (Fsp3) is 0.381. The minimum atomic E-state index is -0.240. The van der Waals surface area contributed by atoms with Crippen molar-refractivity contribution >= 4 is 11.8 Å². The Balaban J connectivity index is 1.41. The molecule has 1 aliphatic rings. The molecule has 1 amide bonds. The first-order valence-electron chi connectivity index (χ1n) is 9.07. The molecule has 1 aliphatic heterocycles. The third-order valence-electron chi connectivity index (χ3n) is 4.84. The quantitative estimate of drug-likeness (QED) is 0.824. The number of aryl methyl sites for hydroxylation is 1. The van der Waals surface area contributed by atoms with E-state index in [4.69, 9.17) is 15.2 Å². The Hall–Kier alpha value is -2.69. The highest BCUT2D eigenvalue weighted by atomic mass is 16.6. The van der Waals surface area contributed by atoms with Gasteiger partial charge in [-0.05, 0) is 42.9 Å². The van der Waals surface area contributed by atoms with Gasteiger partial charge in [-0.15, -0.1) is 0 Å². The third-order valence-corrected chi connectivity index (χ3v) is 4.84. The van der Waals surface area contributed by atoms with Crippen LogP contribution in [0, 0.1) is 12.8 Å². The minimum Gasteiger partial charge on any atom is -0.491 e. The number of anilines is 1. The summed E-state index contributed by atoms with van der Waals surface area (Å²) in [5.74, 6) is 1.17. The first kappa shape index (κ1) is 18.1. The van der Waals surface area contributed by atoms with E-state index in [-0.39, 0.29) is 6.09 Å². The summed E-state index contributed by atoms with van der Waals surface area (Å²) in [6.07, 6.45) is 1.58. The van der Waals surface area contributed by atoms with E-state index in [2.05, 4.69) is 0 Å². The molecular weight excluding hydrogens is 328 g/mol. The zero-order valence-electron chi connectivity index (χ0n) is 15.2. The van der Waals surface area contributed by atoms with Crippen LogP contribution in [0.15, 0.2) is 48.5 Å². The Morgan fingerprint density at radius 3 is 2.58 bits per heavy atom. The van der Waals surface area contributed by atoms with Crippen LogP contribution in [0.3, 0.4) is 0 Å². The molecule has 2 aromatic carbocycles. The van der Waals surface area contributed by atoms with Gasteiger partial charge in [-0.1, -0.05) is 42.5 Å². The maximum atomic E-state index is 12.2. The summed E-state index contributed by atoms with van der Waals surface area (Å²) in [7, 11) is 0. The molecule has 0 atom stereocenters. The molecule has 3 rings (SSSR count). The number of ether oxygens (including phenoxy) is 2. The van der Waals surface area contributed by atoms with Crippen LogP contribution < -0.4 is 10.5 Å². The molecule has 0 aromatic heterocycles. The molecule has 0 spiro atoms. The summed E-state index contributed by atoms with van der Waals surface area (Å²) < 4.78 is 11.3. The van der Waals surface area contributed by atoms with E-state index in [9.17, 15) is 4.79 Å². The highest BCUT2D eigenvalue weighted by Gasteiger charge is 2.24. The number of nitrogens with two attached hydrogens (primary N) is 1. The van der Waals surface area contributed by atoms with Crippen LogP contribution in [0.5, 0.6) is 5.75 Å². The van der Waals surface area contributed by atoms with Crippen molar-refractivity contribution in [1.29, 1.82) is 0 Å². The Labute approximate surface area is 154 Å². The smallest absolute Gasteiger partial charge is 0.410 e. The second-order valence-corrected chi connectivity index (χ2v) is 6.77. The number of piperidine rings is 1. The van der Waals surface area contributed by atoms with Crippen molar-refractivity contribution < 1.29 is 14.3 Å². The van der Waals surface area contributed by atoms with Crippen LogP contribution in [0.4, 0.5) is 10.5 Å². The minimum absolute atomic E-state index is 0.240. The van der Waals surface area contributed by atoms with Crippen LogP contribution >= 0.6 is 0 Å². The molecule has 1 fully saturated rings. The van der Waals surface area contributed by atoms with E-state index >= 15 is 0 Å². The first-order chi connectivity index (χ1) is 12.6. The lowest BCUT2D eigenvalue weighted by Crippen LogP contribution is -2.40. The standard InChI is InChI=1S/C21H26N2O3/c1-16-6-5-9-19(20(16)22)25-14-18-10-12-23(13-11-18)21(24)26-15-17-7-3-2-4-8-17/h2-9,18H,10-15,22H2,1H3. The fourth-order valence-corrected chi connectivity index (χ4v) is 3.08. The largest absolute Gasteiger partial charge is 0.491 e. The number of hydrogen-bond donors (Lipinski definition) is 1. The molecule has 2 aromatic rings. The van der Waals surface area contributed by atoms with Crippen molar-refractivity contribution in [2.75, 3.05) is 25.4 Å². The number of carbonyl (C=O) groups excluding carboxylic acids is 1. The lowest BCUT2D eigenvalue weighted by Gasteiger charge is -2.31. The van der Waals surface area contributed by atoms with Crippen LogP contribution in [0.1, 0.15) is 24.0 Å². The lowest BCUT2D eigenvalue weighted by atomic mass is 9.98. The van der Waals surface area contributed by atoms with Crippen molar-refractivity contribution in [2.45, 2.75) is 26.4 Å². The van der Waals surface area contributed by atoms with Crippen molar-refractivity contribution in [3.63, 3.8) is 0 Å². The number of para-hydroxylation sites is 1. The van der Waals surface area contributed by atoms with Crippen molar-refractivity contribution in [1.82, 2.24) is 4.90 Å². The predicted octanol–water partition coefficient (Wildman–Crippen LogP) is 4.00. The zero-order chi connectivity index (χ0) is 18.4. The highest BCUT2D eigenvalue weighted by Crippen LogP contribution is 2.26. The number of hydrogen-bond acceptors (Lipinski definition) is 4. The fourth-order valence-electron chi connectivity index (χ4n) is 3.08. The van der Waals surface area contributed by atoms with Crippen LogP contribution in [0.2, 0.25) is 0 Å². The maximum absolute atomic E-state index is 12.2. The van der Waals surface area contributed by atoms with E-state index in [0.717, 1.165) is 29.7 Å². The lowest BCUT2D eigenvalue weighted by molar-refractivity contribution is 0.0761. The highest BCUT2D eigenvalue weighted by molar-refractivity contribution is 5.67. The van der Waals surface area contributed by atoms with Crippen LogP contribution in [-0.2, 0) is 11.3 Å². The number of nitrogen functional groups attached to an aromatic ring is 1. The van der Waals surface area contributed by atoms with Gasteiger partial charge in [0.2, 0.25) is 0 Å². The first-order valence-corrected chi connectivity index (χ1v) is 9.07. The Morgan fingerprint density at radius 2 is 1.85 bits per heavy atom. The molecule has 0 unspecified atom stereocenters. The van der Waals surface area contributed by atoms with Crippen molar-refractivity contribution in [3.8, 4) is 5.75 Å². The summed E-state index contributed by atoms with van der Waals surface area (Å²) in [4.78, 5) is 14.0. The Bertz CT molecular complexity index is 725. The summed E-state index contributed by atoms with van der Waals surface area (Å²) in [6.45, 7) is 4.31. The van der Waals surface area contributed by atoms with E-state index in [0.29, 0.717) is 37.9 Å². The van der Waals surface area contributed by atoms with Crippen LogP contribution in [-0.4, -0.2) is 30.7 Å². The summed E-state index contributed by atoms with van der Waals surface area (Å²) in [5, 5.41) is 0. The van der Waals surface area contributed by atoms with Gasteiger partial charge in [0.1, 0.15) is 12.4 Å². The van der Waals surface area contributed by atoms with Gasteiger partial charge in [0.15, 0.2) is 0 Å². The second-order valence-electron chi connectivity index (χ2n) is 6.77. The molecule has 5 heteroatoms. The number of carbonyl (C=O) groups is 1. The van der Waals surface area contributed by atoms with E-state index in [1.54, 1.807) is 4.90 Å². The normalized spacial score (nSPS) is 14.9. The predicted molar refractivity (Wildman–Crippen MR) is 102 cm³/mol. The monoisotopic (exact) mass is 354 g/mol. The molecule has 138 valence electrons. The Kier molecular flexibility index (Phi) is 6.00. The zero-order valence-corrected chi connectivity index (χ0v) is 15.2. The molecule has 0 radical (unpaired) electrons. The molecule has 26 heavy (non-hydrogen) atoms. The van der Waals surface area contributed by atoms with Gasteiger partial charge in [-0.3, -0.25) is 0 Å². The summed E-state index contributed by atoms with van der Waals surface area (Å²) in [6, 6.07) is 15.6. The topological polar surface area (TPSA) is 64.8 Å². The van der Waals surface area contributed by atoms with E-state index < -0.39 is 0 Å². The van der Waals surface area contributed by atoms with Gasteiger partial charge in [0.25, 0.3) is 0 Å². The summed E-state index contributed by atoms with van der Waals surface area (Å²) >= 11 is 0. The molecule has 5 nitrogen and oxygen atoms in total. The van der Waals surface area contributed by atoms with Crippen molar-refractivity contribution in [3.05, 3.63) is 59.7 Å². The molecule has 0 aliphatic carbocycles. The van der Waals surface area contributed by atoms with Gasteiger partial charge in [-0.25, -0.2) is 4.79 Å². The molecule has 1 saturated heterocycles. The van der Waals surface area contributed by atoms with Gasteiger partial charge in [0.05, 0.1) is 12.3 Å². The van der Waals surface area contributed by atoms with Gasteiger partial charge < -0.3 is 20.1 Å². The Morgan fingerprint density at radius 1 is 1.12 bits per heavy atom. The van der Waals surface area contributed by atoms with Crippen LogP contribution in [0.25, 0.3) is 0 Å². The number of nitrogens with zero attached hydrogens (tertiary/aromatic N) is 1. The molecule has 0 bridgehead atoms. The van der Waals surface area contributed by atoms with E-state index in [1.165, 1.54) is 0 Å².